The molecule has 1 aliphatic heterocycles. The lowest BCUT2D eigenvalue weighted by molar-refractivity contribution is 0.115. The SMILES string of the molecule is CN(C=CC=C(C#N)C#N)CCCC1COC(=O)O1. The molecular formula is C13H15N3O3. The minimum absolute atomic E-state index is 0.0691. The molecule has 1 unspecified atom stereocenters. The highest BCUT2D eigenvalue weighted by atomic mass is 16.8. The van der Waals surface area contributed by atoms with Crippen molar-refractivity contribution in [2.45, 2.75) is 18.9 Å². The van der Waals surface area contributed by atoms with Crippen molar-refractivity contribution in [2.24, 2.45) is 0 Å². The van der Waals surface area contributed by atoms with Gasteiger partial charge in [-0.1, -0.05) is 0 Å². The van der Waals surface area contributed by atoms with Gasteiger partial charge in [0.2, 0.25) is 0 Å². The molecule has 0 N–H and O–H groups in total. The van der Waals surface area contributed by atoms with E-state index >= 15 is 0 Å². The first-order valence-electron chi connectivity index (χ1n) is 5.88. The van der Waals surface area contributed by atoms with E-state index in [1.165, 1.54) is 6.08 Å². The van der Waals surface area contributed by atoms with Crippen molar-refractivity contribution >= 4 is 6.16 Å². The van der Waals surface area contributed by atoms with Crippen LogP contribution in [0.4, 0.5) is 4.79 Å². The van der Waals surface area contributed by atoms with Gasteiger partial charge in [-0.2, -0.15) is 10.5 Å². The summed E-state index contributed by atoms with van der Waals surface area (Å²) in [6.07, 6.45) is 5.77. The van der Waals surface area contributed by atoms with E-state index < -0.39 is 6.16 Å². The Morgan fingerprint density at radius 3 is 2.84 bits per heavy atom. The molecule has 0 aliphatic carbocycles. The number of ether oxygens (including phenoxy) is 2. The molecule has 0 aromatic carbocycles. The van der Waals surface area contributed by atoms with Gasteiger partial charge < -0.3 is 14.4 Å². The van der Waals surface area contributed by atoms with Gasteiger partial charge in [0, 0.05) is 13.6 Å². The molecule has 19 heavy (non-hydrogen) atoms. The van der Waals surface area contributed by atoms with Crippen LogP contribution in [0.3, 0.4) is 0 Å². The Balaban J connectivity index is 2.21. The zero-order chi connectivity index (χ0) is 14.1. The highest BCUT2D eigenvalue weighted by Crippen LogP contribution is 2.11. The van der Waals surface area contributed by atoms with Crippen molar-refractivity contribution in [3.63, 3.8) is 0 Å². The molecule has 100 valence electrons. The van der Waals surface area contributed by atoms with Gasteiger partial charge in [0.1, 0.15) is 30.4 Å². The van der Waals surface area contributed by atoms with E-state index in [0.717, 1.165) is 19.4 Å². The van der Waals surface area contributed by atoms with Crippen LogP contribution in [0.2, 0.25) is 0 Å². The minimum Gasteiger partial charge on any atom is -0.430 e. The normalized spacial score (nSPS) is 17.2. The Labute approximate surface area is 112 Å². The molecule has 1 rings (SSSR count). The van der Waals surface area contributed by atoms with Crippen LogP contribution in [0.15, 0.2) is 23.9 Å². The third-order valence-corrected chi connectivity index (χ3v) is 2.53. The molecule has 0 saturated carbocycles. The lowest BCUT2D eigenvalue weighted by atomic mass is 10.2. The van der Waals surface area contributed by atoms with Crippen LogP contribution in [0.1, 0.15) is 12.8 Å². The predicted molar refractivity (Wildman–Crippen MR) is 66.5 cm³/mol. The quantitative estimate of drug-likeness (QED) is 0.411. The number of allylic oxidation sites excluding steroid dienone is 3. The highest BCUT2D eigenvalue weighted by Gasteiger charge is 2.24. The number of cyclic esters (lactones) is 2. The van der Waals surface area contributed by atoms with Crippen molar-refractivity contribution in [3.8, 4) is 12.1 Å². The first-order valence-corrected chi connectivity index (χ1v) is 5.88. The molecule has 0 radical (unpaired) electrons. The van der Waals surface area contributed by atoms with E-state index in [-0.39, 0.29) is 11.7 Å². The van der Waals surface area contributed by atoms with E-state index in [2.05, 4.69) is 4.74 Å². The first kappa shape index (κ1) is 14.6. The van der Waals surface area contributed by atoms with Gasteiger partial charge in [0.15, 0.2) is 0 Å². The summed E-state index contributed by atoms with van der Waals surface area (Å²) in [4.78, 5) is 12.6. The van der Waals surface area contributed by atoms with E-state index in [9.17, 15) is 4.79 Å². The predicted octanol–water partition coefficient (Wildman–Crippen LogP) is 1.72. The summed E-state index contributed by atoms with van der Waals surface area (Å²) in [5.41, 5.74) is 0.0691. The van der Waals surface area contributed by atoms with Gasteiger partial charge in [0.25, 0.3) is 0 Å². The second-order valence-corrected chi connectivity index (χ2v) is 4.07. The summed E-state index contributed by atoms with van der Waals surface area (Å²) in [6.45, 7) is 1.11. The summed E-state index contributed by atoms with van der Waals surface area (Å²) in [7, 11) is 1.89. The Bertz CT molecular complexity index is 441. The Morgan fingerprint density at radius 2 is 2.26 bits per heavy atom. The number of hydrogen-bond donors (Lipinski definition) is 0. The summed E-state index contributed by atoms with van der Waals surface area (Å²) in [5.74, 6) is 0. The topological polar surface area (TPSA) is 86.4 Å². The van der Waals surface area contributed by atoms with Crippen molar-refractivity contribution in [1.29, 1.82) is 10.5 Å². The van der Waals surface area contributed by atoms with Gasteiger partial charge >= 0.3 is 6.16 Å². The van der Waals surface area contributed by atoms with Crippen LogP contribution in [-0.4, -0.2) is 37.4 Å². The second-order valence-electron chi connectivity index (χ2n) is 4.07. The minimum atomic E-state index is -0.594. The average molecular weight is 261 g/mol. The molecule has 1 aliphatic rings. The van der Waals surface area contributed by atoms with Crippen LogP contribution in [0.25, 0.3) is 0 Å². The molecule has 0 aromatic rings. The highest BCUT2D eigenvalue weighted by molar-refractivity contribution is 5.61. The molecular weight excluding hydrogens is 246 g/mol. The van der Waals surface area contributed by atoms with E-state index in [4.69, 9.17) is 15.3 Å². The average Bonchev–Trinajstić information content (AvgIpc) is 2.80. The van der Waals surface area contributed by atoms with E-state index in [1.54, 1.807) is 24.4 Å². The molecule has 1 fully saturated rings. The Morgan fingerprint density at radius 1 is 1.53 bits per heavy atom. The maximum atomic E-state index is 10.7. The number of nitriles is 2. The van der Waals surface area contributed by atoms with Gasteiger partial charge in [-0.15, -0.1) is 0 Å². The summed E-state index contributed by atoms with van der Waals surface area (Å²) in [6, 6.07) is 3.56. The molecule has 0 aromatic heterocycles. The van der Waals surface area contributed by atoms with Gasteiger partial charge in [-0.05, 0) is 31.2 Å². The second kappa shape index (κ2) is 7.78. The zero-order valence-electron chi connectivity index (χ0n) is 10.7. The molecule has 0 bridgehead atoms. The molecule has 6 heteroatoms. The number of nitrogens with zero attached hydrogens (tertiary/aromatic N) is 3. The van der Waals surface area contributed by atoms with Gasteiger partial charge in [0.05, 0.1) is 0 Å². The Hall–Kier alpha value is -2.47. The van der Waals surface area contributed by atoms with Crippen LogP contribution in [0.5, 0.6) is 0 Å². The fourth-order valence-corrected chi connectivity index (χ4v) is 1.54. The fourth-order valence-electron chi connectivity index (χ4n) is 1.54. The van der Waals surface area contributed by atoms with Crippen molar-refractivity contribution in [3.05, 3.63) is 23.9 Å². The fraction of sp³-hybridized carbons (Fsp3) is 0.462. The summed E-state index contributed by atoms with van der Waals surface area (Å²) < 4.78 is 9.59. The monoisotopic (exact) mass is 261 g/mol. The molecule has 1 atom stereocenters. The van der Waals surface area contributed by atoms with Crippen LogP contribution in [-0.2, 0) is 9.47 Å². The van der Waals surface area contributed by atoms with Gasteiger partial charge in [-0.25, -0.2) is 4.79 Å². The van der Waals surface area contributed by atoms with Crippen LogP contribution < -0.4 is 0 Å². The number of hydrogen-bond acceptors (Lipinski definition) is 6. The zero-order valence-corrected chi connectivity index (χ0v) is 10.7. The Kier molecular flexibility index (Phi) is 5.97. The smallest absolute Gasteiger partial charge is 0.430 e. The van der Waals surface area contributed by atoms with Crippen molar-refractivity contribution < 1.29 is 14.3 Å². The lowest BCUT2D eigenvalue weighted by Gasteiger charge is -2.14. The maximum Gasteiger partial charge on any atom is 0.508 e. The number of carbonyl (C=O) groups excluding carboxylic acids is 1. The standard InChI is InChI=1S/C13H15N3O3/c1-16(6-2-4-11(8-14)9-15)7-3-5-12-10-18-13(17)19-12/h2,4,6,12H,3,5,7,10H2,1H3. The van der Waals surface area contributed by atoms with Crippen molar-refractivity contribution in [1.82, 2.24) is 4.90 Å². The van der Waals surface area contributed by atoms with Gasteiger partial charge in [-0.3, -0.25) is 0 Å². The summed E-state index contributed by atoms with van der Waals surface area (Å²) in [5, 5.41) is 17.1. The number of carbonyl (C=O) groups is 1. The van der Waals surface area contributed by atoms with Crippen molar-refractivity contribution in [2.75, 3.05) is 20.2 Å². The summed E-state index contributed by atoms with van der Waals surface area (Å²) >= 11 is 0. The lowest BCUT2D eigenvalue weighted by Crippen LogP contribution is -2.16. The molecule has 0 spiro atoms. The third-order valence-electron chi connectivity index (χ3n) is 2.53. The largest absolute Gasteiger partial charge is 0.508 e. The molecule has 1 saturated heterocycles. The van der Waals surface area contributed by atoms with E-state index in [1.807, 2.05) is 11.9 Å². The van der Waals surface area contributed by atoms with Crippen LogP contribution in [0, 0.1) is 22.7 Å². The number of rotatable bonds is 6. The molecule has 6 nitrogen and oxygen atoms in total. The third kappa shape index (κ3) is 5.60. The molecule has 0 amide bonds. The maximum absolute atomic E-state index is 10.7. The molecule has 1 heterocycles. The first-order chi connectivity index (χ1) is 9.15. The van der Waals surface area contributed by atoms with E-state index in [0.29, 0.717) is 6.61 Å². The van der Waals surface area contributed by atoms with Crippen LogP contribution >= 0.6 is 0 Å².